The molecule has 1 aliphatic rings. The summed E-state index contributed by atoms with van der Waals surface area (Å²) in [6.07, 6.45) is 7.01. The van der Waals surface area contributed by atoms with Gasteiger partial charge in [0.2, 0.25) is 5.91 Å². The molecule has 0 unspecified atom stereocenters. The summed E-state index contributed by atoms with van der Waals surface area (Å²) in [6, 6.07) is 0. The second-order valence-corrected chi connectivity index (χ2v) is 9.16. The third-order valence-corrected chi connectivity index (χ3v) is 6.94. The number of rotatable bonds is 5. The van der Waals surface area contributed by atoms with Crippen LogP contribution in [0.15, 0.2) is 26.2 Å². The second-order valence-electron chi connectivity index (χ2n) is 7.30. The van der Waals surface area contributed by atoms with Crippen LogP contribution in [-0.4, -0.2) is 35.7 Å². The maximum atomic E-state index is 12.9. The highest BCUT2D eigenvalue weighted by molar-refractivity contribution is 8.00. The van der Waals surface area contributed by atoms with E-state index < -0.39 is 11.2 Å². The Bertz CT molecular complexity index is 1200. The number of carbonyl (C=O) groups is 1. The number of anilines is 1. The average Bonchev–Trinajstić information content (AvgIpc) is 3.27. The first-order chi connectivity index (χ1) is 14.5. The zero-order valence-corrected chi connectivity index (χ0v) is 18.4. The second kappa shape index (κ2) is 8.68. The minimum absolute atomic E-state index is 0.0712. The number of thiazole rings is 1. The molecule has 0 bridgehead atoms. The van der Waals surface area contributed by atoms with Gasteiger partial charge in [-0.1, -0.05) is 31.0 Å². The van der Waals surface area contributed by atoms with Gasteiger partial charge in [-0.2, -0.15) is 0 Å². The van der Waals surface area contributed by atoms with Crippen LogP contribution in [0.4, 0.5) is 5.13 Å². The third kappa shape index (κ3) is 4.04. The number of carbonyl (C=O) groups excluding carboxylic acids is 1. The van der Waals surface area contributed by atoms with Crippen LogP contribution in [0.2, 0.25) is 0 Å². The van der Waals surface area contributed by atoms with Gasteiger partial charge in [-0.15, -0.1) is 11.3 Å². The van der Waals surface area contributed by atoms with Crippen molar-refractivity contribution < 1.29 is 4.79 Å². The van der Waals surface area contributed by atoms with Crippen LogP contribution < -0.4 is 16.6 Å². The number of hydrogen-bond acceptors (Lipinski definition) is 8. The standard InChI is InChI=1S/C19H22N6O3S2/c1-24-15-13(17(27)25(2)19(24)28)16(23-14(22-15)11-6-4-3-5-7-11)30-10-12(26)21-18-20-8-9-29-18/h8-9,11H,3-7,10H2,1-2H3,(H,20,21,26). The van der Waals surface area contributed by atoms with Crippen molar-refractivity contribution in [2.75, 3.05) is 11.1 Å². The van der Waals surface area contributed by atoms with E-state index >= 15 is 0 Å². The van der Waals surface area contributed by atoms with Gasteiger partial charge in [-0.25, -0.2) is 19.7 Å². The summed E-state index contributed by atoms with van der Waals surface area (Å²) >= 11 is 2.52. The summed E-state index contributed by atoms with van der Waals surface area (Å²) in [5.74, 6) is 0.684. The molecule has 0 spiro atoms. The van der Waals surface area contributed by atoms with Gasteiger partial charge in [-0.3, -0.25) is 18.7 Å². The summed E-state index contributed by atoms with van der Waals surface area (Å²) in [4.78, 5) is 51.0. The van der Waals surface area contributed by atoms with Crippen molar-refractivity contribution in [1.82, 2.24) is 24.1 Å². The van der Waals surface area contributed by atoms with Crippen molar-refractivity contribution in [3.8, 4) is 0 Å². The van der Waals surface area contributed by atoms with Crippen molar-refractivity contribution in [3.05, 3.63) is 38.2 Å². The lowest BCUT2D eigenvalue weighted by molar-refractivity contribution is -0.113. The molecular weight excluding hydrogens is 424 g/mol. The topological polar surface area (TPSA) is 112 Å². The molecule has 1 saturated carbocycles. The number of thioether (sulfide) groups is 1. The van der Waals surface area contributed by atoms with Gasteiger partial charge in [0.15, 0.2) is 10.8 Å². The smallest absolute Gasteiger partial charge is 0.301 e. The van der Waals surface area contributed by atoms with Crippen molar-refractivity contribution in [3.63, 3.8) is 0 Å². The molecule has 3 aromatic rings. The minimum atomic E-state index is -0.453. The van der Waals surface area contributed by atoms with Crippen LogP contribution in [0.1, 0.15) is 43.8 Å². The molecule has 9 nitrogen and oxygen atoms in total. The largest absolute Gasteiger partial charge is 0.332 e. The third-order valence-electron chi connectivity index (χ3n) is 5.27. The van der Waals surface area contributed by atoms with E-state index in [0.29, 0.717) is 21.6 Å². The van der Waals surface area contributed by atoms with E-state index in [1.54, 1.807) is 18.6 Å². The monoisotopic (exact) mass is 446 g/mol. The maximum Gasteiger partial charge on any atom is 0.332 e. The number of hydrogen-bond donors (Lipinski definition) is 1. The van der Waals surface area contributed by atoms with Gasteiger partial charge in [0.05, 0.1) is 5.75 Å². The Morgan fingerprint density at radius 1 is 1.20 bits per heavy atom. The molecule has 3 heterocycles. The van der Waals surface area contributed by atoms with E-state index in [0.717, 1.165) is 30.3 Å². The fourth-order valence-electron chi connectivity index (χ4n) is 3.67. The zero-order chi connectivity index (χ0) is 21.3. The lowest BCUT2D eigenvalue weighted by Gasteiger charge is -2.21. The van der Waals surface area contributed by atoms with Gasteiger partial charge in [0.1, 0.15) is 16.2 Å². The van der Waals surface area contributed by atoms with Crippen LogP contribution in [0, 0.1) is 0 Å². The molecule has 3 aromatic heterocycles. The number of amides is 1. The highest BCUT2D eigenvalue weighted by atomic mass is 32.2. The van der Waals surface area contributed by atoms with Gasteiger partial charge in [-0.05, 0) is 12.8 Å². The molecule has 30 heavy (non-hydrogen) atoms. The molecule has 1 aliphatic carbocycles. The number of fused-ring (bicyclic) bond motifs is 1. The Morgan fingerprint density at radius 3 is 2.67 bits per heavy atom. The van der Waals surface area contributed by atoms with Crippen LogP contribution in [0.3, 0.4) is 0 Å². The van der Waals surface area contributed by atoms with E-state index in [4.69, 9.17) is 4.98 Å². The first-order valence-electron chi connectivity index (χ1n) is 9.75. The number of aromatic nitrogens is 5. The molecule has 0 saturated heterocycles. The Hall–Kier alpha value is -2.53. The predicted molar refractivity (Wildman–Crippen MR) is 117 cm³/mol. The quantitative estimate of drug-likeness (QED) is 0.473. The Morgan fingerprint density at radius 2 is 1.97 bits per heavy atom. The summed E-state index contributed by atoms with van der Waals surface area (Å²) in [6.45, 7) is 0. The first kappa shape index (κ1) is 20.7. The number of aryl methyl sites for hydroxylation is 1. The van der Waals surface area contributed by atoms with Gasteiger partial charge in [0, 0.05) is 31.6 Å². The Labute approximate surface area is 180 Å². The molecule has 1 N–H and O–H groups in total. The van der Waals surface area contributed by atoms with E-state index in [9.17, 15) is 14.4 Å². The van der Waals surface area contributed by atoms with E-state index in [2.05, 4.69) is 15.3 Å². The first-order valence-corrected chi connectivity index (χ1v) is 11.6. The lowest BCUT2D eigenvalue weighted by Crippen LogP contribution is -2.38. The summed E-state index contributed by atoms with van der Waals surface area (Å²) in [5.41, 5.74) is -0.564. The molecule has 1 amide bonds. The van der Waals surface area contributed by atoms with Gasteiger partial charge < -0.3 is 5.32 Å². The normalized spacial score (nSPS) is 14.9. The average molecular weight is 447 g/mol. The molecule has 158 valence electrons. The van der Waals surface area contributed by atoms with Crippen LogP contribution >= 0.6 is 23.1 Å². The fraction of sp³-hybridized carbons (Fsp3) is 0.474. The molecule has 0 radical (unpaired) electrons. The summed E-state index contributed by atoms with van der Waals surface area (Å²) < 4.78 is 2.43. The highest BCUT2D eigenvalue weighted by Crippen LogP contribution is 2.33. The number of nitrogens with one attached hydrogen (secondary N) is 1. The zero-order valence-electron chi connectivity index (χ0n) is 16.8. The lowest BCUT2D eigenvalue weighted by atomic mass is 9.89. The molecule has 4 rings (SSSR count). The Kier molecular flexibility index (Phi) is 6.00. The van der Waals surface area contributed by atoms with Crippen LogP contribution in [-0.2, 0) is 18.9 Å². The predicted octanol–water partition coefficient (Wildman–Crippen LogP) is 2.26. The van der Waals surface area contributed by atoms with Crippen molar-refractivity contribution in [1.29, 1.82) is 0 Å². The van der Waals surface area contributed by atoms with Gasteiger partial charge >= 0.3 is 5.69 Å². The summed E-state index contributed by atoms with van der Waals surface area (Å²) in [5, 5.41) is 5.74. The summed E-state index contributed by atoms with van der Waals surface area (Å²) in [7, 11) is 3.04. The van der Waals surface area contributed by atoms with E-state index in [1.165, 1.54) is 41.1 Å². The fourth-order valence-corrected chi connectivity index (χ4v) is 5.03. The van der Waals surface area contributed by atoms with Crippen LogP contribution in [0.5, 0.6) is 0 Å². The maximum absolute atomic E-state index is 12.9. The molecule has 0 atom stereocenters. The molecule has 1 fully saturated rings. The molecule has 0 aliphatic heterocycles. The number of nitrogens with zero attached hydrogens (tertiary/aromatic N) is 5. The molecule has 0 aromatic carbocycles. The Balaban J connectivity index is 1.74. The minimum Gasteiger partial charge on any atom is -0.301 e. The molecule has 11 heteroatoms. The van der Waals surface area contributed by atoms with Crippen molar-refractivity contribution >= 4 is 45.2 Å². The SMILES string of the molecule is Cn1c(=O)c2c(SCC(=O)Nc3nccs3)nc(C3CCCCC3)nc2n(C)c1=O. The van der Waals surface area contributed by atoms with E-state index in [-0.39, 0.29) is 23.0 Å². The highest BCUT2D eigenvalue weighted by Gasteiger charge is 2.23. The van der Waals surface area contributed by atoms with E-state index in [1.807, 2.05) is 0 Å². The van der Waals surface area contributed by atoms with Crippen LogP contribution in [0.25, 0.3) is 11.0 Å². The van der Waals surface area contributed by atoms with Gasteiger partial charge in [0.25, 0.3) is 5.56 Å². The van der Waals surface area contributed by atoms with Crippen molar-refractivity contribution in [2.45, 2.75) is 43.0 Å². The van der Waals surface area contributed by atoms with Crippen molar-refractivity contribution in [2.24, 2.45) is 14.1 Å². The molecular formula is C19H22N6O3S2.